The van der Waals surface area contributed by atoms with Crippen LogP contribution in [0, 0.1) is 0 Å². The Morgan fingerprint density at radius 2 is 1.92 bits per heavy atom. The lowest BCUT2D eigenvalue weighted by molar-refractivity contribution is -0.131. The summed E-state index contributed by atoms with van der Waals surface area (Å²) in [4.78, 5) is 14.6. The van der Waals surface area contributed by atoms with Gasteiger partial charge in [0, 0.05) is 24.1 Å². The van der Waals surface area contributed by atoms with Crippen LogP contribution in [0.5, 0.6) is 11.5 Å². The molecule has 0 spiro atoms. The first-order chi connectivity index (χ1) is 11.6. The number of aromatic hydroxyl groups is 1. The number of likely N-dealkylation sites (tertiary alicyclic amines) is 1. The quantitative estimate of drug-likeness (QED) is 0.938. The smallest absolute Gasteiger partial charge is 0.227 e. The summed E-state index contributed by atoms with van der Waals surface area (Å²) in [7, 11) is 1.66. The van der Waals surface area contributed by atoms with E-state index in [0.717, 1.165) is 18.7 Å². The van der Waals surface area contributed by atoms with Crippen molar-refractivity contribution in [1.82, 2.24) is 4.90 Å². The van der Waals surface area contributed by atoms with Gasteiger partial charge in [-0.1, -0.05) is 30.3 Å². The summed E-state index contributed by atoms with van der Waals surface area (Å²) in [6.45, 7) is 2.81. The van der Waals surface area contributed by atoms with Crippen LogP contribution in [-0.2, 0) is 11.2 Å². The van der Waals surface area contributed by atoms with Crippen LogP contribution >= 0.6 is 0 Å². The van der Waals surface area contributed by atoms with Gasteiger partial charge in [-0.2, -0.15) is 0 Å². The summed E-state index contributed by atoms with van der Waals surface area (Å²) in [5, 5.41) is 9.86. The highest BCUT2D eigenvalue weighted by Crippen LogP contribution is 2.33. The number of para-hydroxylation sites is 1. The molecule has 1 aliphatic heterocycles. The van der Waals surface area contributed by atoms with Crippen LogP contribution in [0.25, 0.3) is 0 Å². The molecular weight excluding hydrogens is 302 g/mol. The molecule has 0 radical (unpaired) electrons. The molecule has 4 heteroatoms. The molecule has 4 nitrogen and oxygen atoms in total. The molecule has 2 unspecified atom stereocenters. The fourth-order valence-corrected chi connectivity index (χ4v) is 3.42. The maximum absolute atomic E-state index is 12.6. The molecule has 0 aromatic heterocycles. The first-order valence-electron chi connectivity index (χ1n) is 8.28. The molecule has 2 atom stereocenters. The number of nitrogens with zero attached hydrogens (tertiary/aromatic N) is 1. The zero-order valence-corrected chi connectivity index (χ0v) is 14.1. The maximum Gasteiger partial charge on any atom is 0.227 e. The molecule has 3 rings (SSSR count). The van der Waals surface area contributed by atoms with E-state index in [1.165, 1.54) is 5.56 Å². The van der Waals surface area contributed by atoms with Gasteiger partial charge in [0.1, 0.15) is 11.5 Å². The monoisotopic (exact) mass is 325 g/mol. The lowest BCUT2D eigenvalue weighted by Crippen LogP contribution is -2.35. The Bertz CT molecular complexity index is 711. The second kappa shape index (κ2) is 6.95. The number of phenolic OH excluding ortho intramolecular Hbond substituents is 1. The van der Waals surface area contributed by atoms with Gasteiger partial charge in [-0.05, 0) is 37.1 Å². The second-order valence-corrected chi connectivity index (χ2v) is 6.41. The predicted octanol–water partition coefficient (Wildman–Crippen LogP) is 3.35. The van der Waals surface area contributed by atoms with Gasteiger partial charge in [0.25, 0.3) is 0 Å². The molecule has 1 N–H and O–H groups in total. The van der Waals surface area contributed by atoms with Crippen molar-refractivity contribution in [2.45, 2.75) is 31.7 Å². The summed E-state index contributed by atoms with van der Waals surface area (Å²) in [5.41, 5.74) is 1.92. The van der Waals surface area contributed by atoms with Crippen LogP contribution in [0.1, 0.15) is 30.4 Å². The Balaban J connectivity index is 1.68. The zero-order valence-electron chi connectivity index (χ0n) is 14.1. The third-order valence-corrected chi connectivity index (χ3v) is 4.82. The third kappa shape index (κ3) is 3.37. The number of hydrogen-bond donors (Lipinski definition) is 1. The first-order valence-corrected chi connectivity index (χ1v) is 8.28. The number of carbonyl (C=O) groups is 1. The van der Waals surface area contributed by atoms with Crippen molar-refractivity contribution in [2.75, 3.05) is 13.7 Å². The molecule has 0 aliphatic carbocycles. The summed E-state index contributed by atoms with van der Waals surface area (Å²) in [6, 6.07) is 15.3. The summed E-state index contributed by atoms with van der Waals surface area (Å²) >= 11 is 0. The van der Waals surface area contributed by atoms with Crippen molar-refractivity contribution < 1.29 is 14.6 Å². The number of carbonyl (C=O) groups excluding carboxylic acids is 1. The van der Waals surface area contributed by atoms with E-state index in [4.69, 9.17) is 4.74 Å². The standard InChI is InChI=1S/C20H23NO3/c1-14-11-17(15-7-9-18(24-2)10-8-15)13-21(14)20(23)12-16-5-3-4-6-19(16)22/h3-10,14,17,22H,11-13H2,1-2H3. The topological polar surface area (TPSA) is 49.8 Å². The van der Waals surface area contributed by atoms with E-state index in [9.17, 15) is 9.90 Å². The van der Waals surface area contributed by atoms with Crippen molar-refractivity contribution >= 4 is 5.91 Å². The Hall–Kier alpha value is -2.49. The van der Waals surface area contributed by atoms with Gasteiger partial charge in [-0.25, -0.2) is 0 Å². The van der Waals surface area contributed by atoms with E-state index in [-0.39, 0.29) is 24.1 Å². The number of rotatable bonds is 4. The van der Waals surface area contributed by atoms with Gasteiger partial charge < -0.3 is 14.7 Å². The second-order valence-electron chi connectivity index (χ2n) is 6.41. The van der Waals surface area contributed by atoms with Gasteiger partial charge in [0.15, 0.2) is 0 Å². The molecule has 1 amide bonds. The average molecular weight is 325 g/mol. The molecule has 2 aromatic carbocycles. The highest BCUT2D eigenvalue weighted by atomic mass is 16.5. The van der Waals surface area contributed by atoms with E-state index in [0.29, 0.717) is 11.5 Å². The van der Waals surface area contributed by atoms with Crippen LogP contribution in [0.3, 0.4) is 0 Å². The van der Waals surface area contributed by atoms with Crippen molar-refractivity contribution in [2.24, 2.45) is 0 Å². The van der Waals surface area contributed by atoms with Gasteiger partial charge in [0.2, 0.25) is 5.91 Å². The van der Waals surface area contributed by atoms with Crippen LogP contribution in [0.15, 0.2) is 48.5 Å². The Morgan fingerprint density at radius 3 is 2.58 bits per heavy atom. The van der Waals surface area contributed by atoms with Crippen molar-refractivity contribution in [3.8, 4) is 11.5 Å². The van der Waals surface area contributed by atoms with Gasteiger partial charge in [0.05, 0.1) is 13.5 Å². The third-order valence-electron chi connectivity index (χ3n) is 4.82. The van der Waals surface area contributed by atoms with E-state index in [1.807, 2.05) is 23.1 Å². The average Bonchev–Trinajstić information content (AvgIpc) is 2.99. The Labute approximate surface area is 142 Å². The van der Waals surface area contributed by atoms with Crippen LogP contribution in [0.2, 0.25) is 0 Å². The van der Waals surface area contributed by atoms with Gasteiger partial charge >= 0.3 is 0 Å². The van der Waals surface area contributed by atoms with Crippen molar-refractivity contribution in [3.63, 3.8) is 0 Å². The summed E-state index contributed by atoms with van der Waals surface area (Å²) < 4.78 is 5.20. The summed E-state index contributed by atoms with van der Waals surface area (Å²) in [6.07, 6.45) is 1.20. The Morgan fingerprint density at radius 1 is 1.21 bits per heavy atom. The molecule has 0 bridgehead atoms. The first kappa shape index (κ1) is 16.4. The molecule has 126 valence electrons. The fraction of sp³-hybridized carbons (Fsp3) is 0.350. The molecule has 24 heavy (non-hydrogen) atoms. The van der Waals surface area contributed by atoms with E-state index in [2.05, 4.69) is 19.1 Å². The molecule has 1 aliphatic rings. The largest absolute Gasteiger partial charge is 0.508 e. The van der Waals surface area contributed by atoms with Crippen LogP contribution in [-0.4, -0.2) is 35.6 Å². The molecule has 1 fully saturated rings. The van der Waals surface area contributed by atoms with Crippen LogP contribution in [0.4, 0.5) is 0 Å². The minimum absolute atomic E-state index is 0.0695. The minimum Gasteiger partial charge on any atom is -0.508 e. The summed E-state index contributed by atoms with van der Waals surface area (Å²) in [5.74, 6) is 1.45. The maximum atomic E-state index is 12.6. The number of amides is 1. The molecular formula is C20H23NO3. The number of benzene rings is 2. The lowest BCUT2D eigenvalue weighted by atomic mass is 9.97. The number of ether oxygens (including phenoxy) is 1. The molecule has 2 aromatic rings. The highest BCUT2D eigenvalue weighted by Gasteiger charge is 2.33. The normalized spacial score (nSPS) is 20.2. The molecule has 1 heterocycles. The Kier molecular flexibility index (Phi) is 4.74. The highest BCUT2D eigenvalue weighted by molar-refractivity contribution is 5.80. The van der Waals surface area contributed by atoms with E-state index >= 15 is 0 Å². The van der Waals surface area contributed by atoms with E-state index < -0.39 is 0 Å². The lowest BCUT2D eigenvalue weighted by Gasteiger charge is -2.21. The van der Waals surface area contributed by atoms with Crippen molar-refractivity contribution in [1.29, 1.82) is 0 Å². The number of methoxy groups -OCH3 is 1. The zero-order chi connectivity index (χ0) is 17.1. The SMILES string of the molecule is COc1ccc(C2CC(C)N(C(=O)Cc3ccccc3O)C2)cc1. The fourth-order valence-electron chi connectivity index (χ4n) is 3.42. The van der Waals surface area contributed by atoms with Crippen molar-refractivity contribution in [3.05, 3.63) is 59.7 Å². The number of hydrogen-bond acceptors (Lipinski definition) is 3. The molecule has 1 saturated heterocycles. The molecule has 0 saturated carbocycles. The minimum atomic E-state index is 0.0695. The predicted molar refractivity (Wildman–Crippen MR) is 93.3 cm³/mol. The van der Waals surface area contributed by atoms with Crippen LogP contribution < -0.4 is 4.74 Å². The van der Waals surface area contributed by atoms with E-state index in [1.54, 1.807) is 25.3 Å². The van der Waals surface area contributed by atoms with Gasteiger partial charge in [-0.3, -0.25) is 4.79 Å². The number of phenols is 1. The van der Waals surface area contributed by atoms with Gasteiger partial charge in [-0.15, -0.1) is 0 Å².